The molecule has 0 aromatic carbocycles. The Hall–Kier alpha value is -0.270. The van der Waals surface area contributed by atoms with Crippen molar-refractivity contribution in [2.45, 2.75) is 18.2 Å². The third kappa shape index (κ3) is 2.15. The minimum Gasteiger partial charge on any atom is -0.315 e. The summed E-state index contributed by atoms with van der Waals surface area (Å²) in [4.78, 5) is 0. The van der Waals surface area contributed by atoms with Gasteiger partial charge in [0.2, 0.25) is 0 Å². The first-order valence-electron chi connectivity index (χ1n) is 3.92. The normalized spacial score (nSPS) is 24.5. The van der Waals surface area contributed by atoms with Crippen molar-refractivity contribution in [1.29, 1.82) is 0 Å². The fourth-order valence-corrected chi connectivity index (χ4v) is 2.13. The smallest absolute Gasteiger partial charge is 0.315 e. The molecule has 0 aliphatic carbocycles. The summed E-state index contributed by atoms with van der Waals surface area (Å²) in [5, 5.41) is 2.91. The molecule has 78 valence electrons. The molecule has 1 aliphatic rings. The molecule has 1 heterocycles. The van der Waals surface area contributed by atoms with E-state index in [9.17, 15) is 17.2 Å². The van der Waals surface area contributed by atoms with E-state index in [1.807, 2.05) is 0 Å². The van der Waals surface area contributed by atoms with E-state index in [4.69, 9.17) is 0 Å². The number of likely N-dealkylation sites (N-methyl/N-ethyl adjacent to an activating group) is 1. The molecule has 0 amide bonds. The van der Waals surface area contributed by atoms with Gasteiger partial charge in [-0.25, -0.2) is 8.42 Å². The van der Waals surface area contributed by atoms with E-state index in [2.05, 4.69) is 5.32 Å². The van der Waals surface area contributed by atoms with Gasteiger partial charge in [-0.2, -0.15) is 13.1 Å². The first-order valence-corrected chi connectivity index (χ1v) is 5.42. The maximum atomic E-state index is 12.1. The first kappa shape index (κ1) is 10.8. The van der Waals surface area contributed by atoms with Gasteiger partial charge in [0.15, 0.2) is 0 Å². The highest BCUT2D eigenvalue weighted by molar-refractivity contribution is 7.89. The zero-order chi connectivity index (χ0) is 10.1. The van der Waals surface area contributed by atoms with Crippen molar-refractivity contribution in [1.82, 2.24) is 9.62 Å². The Kier molecular flexibility index (Phi) is 3.20. The summed E-state index contributed by atoms with van der Waals surface area (Å²) in [7, 11) is -3.21. The van der Waals surface area contributed by atoms with Crippen LogP contribution in [0.15, 0.2) is 0 Å². The van der Waals surface area contributed by atoms with E-state index in [1.54, 1.807) is 0 Å². The maximum absolute atomic E-state index is 12.1. The van der Waals surface area contributed by atoms with Crippen molar-refractivity contribution in [3.05, 3.63) is 0 Å². The summed E-state index contributed by atoms with van der Waals surface area (Å²) in [5.74, 6) is -3.32. The van der Waals surface area contributed by atoms with Gasteiger partial charge in [-0.1, -0.05) is 0 Å². The molecular formula is C6H12F2N2O2S. The molecule has 0 aromatic rings. The van der Waals surface area contributed by atoms with Gasteiger partial charge in [-0.3, -0.25) is 0 Å². The highest BCUT2D eigenvalue weighted by Crippen LogP contribution is 2.16. The molecule has 1 N–H and O–H groups in total. The summed E-state index contributed by atoms with van der Waals surface area (Å²) in [5.41, 5.74) is 0. The number of hydrogen-bond donors (Lipinski definition) is 1. The van der Waals surface area contributed by atoms with Gasteiger partial charge in [0.05, 0.1) is 0 Å². The van der Waals surface area contributed by atoms with Crippen molar-refractivity contribution in [2.24, 2.45) is 0 Å². The molecule has 7 heteroatoms. The number of hydrogen-bond acceptors (Lipinski definition) is 3. The third-order valence-corrected chi connectivity index (χ3v) is 3.73. The Morgan fingerprint density at radius 2 is 2.15 bits per heavy atom. The number of nitrogens with one attached hydrogen (secondary N) is 1. The van der Waals surface area contributed by atoms with Crippen LogP contribution in [0.1, 0.15) is 6.42 Å². The van der Waals surface area contributed by atoms with Crippen molar-refractivity contribution >= 4 is 10.0 Å². The van der Waals surface area contributed by atoms with E-state index in [0.29, 0.717) is 19.5 Å². The molecule has 1 atom stereocenters. The third-order valence-electron chi connectivity index (χ3n) is 2.18. The van der Waals surface area contributed by atoms with Gasteiger partial charge in [-0.15, -0.1) is 0 Å². The van der Waals surface area contributed by atoms with Crippen LogP contribution < -0.4 is 5.32 Å². The molecule has 0 bridgehead atoms. The van der Waals surface area contributed by atoms with E-state index in [-0.39, 0.29) is 6.04 Å². The summed E-state index contributed by atoms with van der Waals surface area (Å²) < 4.78 is 46.8. The van der Waals surface area contributed by atoms with Gasteiger partial charge in [0.1, 0.15) is 0 Å². The number of nitrogens with zero attached hydrogens (tertiary/aromatic N) is 1. The lowest BCUT2D eigenvalue weighted by Gasteiger charge is -2.22. The van der Waals surface area contributed by atoms with E-state index in [0.717, 1.165) is 4.31 Å². The lowest BCUT2D eigenvalue weighted by molar-refractivity contribution is 0.217. The largest absolute Gasteiger partial charge is 0.350 e. The zero-order valence-electron chi connectivity index (χ0n) is 7.20. The summed E-state index contributed by atoms with van der Waals surface area (Å²) in [6, 6.07) is -0.334. The molecule has 1 fully saturated rings. The standard InChI is InChI=1S/C6H12F2N2O2S/c1-10(5-2-3-9-4-5)13(11,12)6(7)8/h5-6,9H,2-4H2,1H3. The van der Waals surface area contributed by atoms with Gasteiger partial charge >= 0.3 is 5.76 Å². The van der Waals surface area contributed by atoms with Crippen molar-refractivity contribution in [2.75, 3.05) is 20.1 Å². The predicted octanol–water partition coefficient (Wildman–Crippen LogP) is -0.168. The molecule has 1 unspecified atom stereocenters. The molecule has 0 saturated carbocycles. The molecule has 0 radical (unpaired) electrons. The van der Waals surface area contributed by atoms with Crippen LogP contribution >= 0.6 is 0 Å². The number of halogens is 2. The highest BCUT2D eigenvalue weighted by atomic mass is 32.2. The second-order valence-corrected chi connectivity index (χ2v) is 4.93. The van der Waals surface area contributed by atoms with Crippen molar-refractivity contribution < 1.29 is 17.2 Å². The lowest BCUT2D eigenvalue weighted by atomic mass is 10.3. The van der Waals surface area contributed by atoms with Crippen molar-refractivity contribution in [3.8, 4) is 0 Å². The lowest BCUT2D eigenvalue weighted by Crippen LogP contribution is -2.41. The summed E-state index contributed by atoms with van der Waals surface area (Å²) in [6.45, 7) is 1.12. The van der Waals surface area contributed by atoms with Gasteiger partial charge < -0.3 is 5.32 Å². The average Bonchev–Trinajstić information content (AvgIpc) is 2.54. The predicted molar refractivity (Wildman–Crippen MR) is 44.0 cm³/mol. The number of alkyl halides is 2. The molecule has 1 aliphatic heterocycles. The molecule has 4 nitrogen and oxygen atoms in total. The van der Waals surface area contributed by atoms with Crippen LogP contribution in [0.5, 0.6) is 0 Å². The van der Waals surface area contributed by atoms with Gasteiger partial charge in [0, 0.05) is 19.6 Å². The Morgan fingerprint density at radius 3 is 2.54 bits per heavy atom. The Bertz CT molecular complexity index is 262. The Morgan fingerprint density at radius 1 is 1.54 bits per heavy atom. The van der Waals surface area contributed by atoms with Crippen LogP contribution in [0, 0.1) is 0 Å². The molecular weight excluding hydrogens is 202 g/mol. The quantitative estimate of drug-likeness (QED) is 0.709. The van der Waals surface area contributed by atoms with E-state index >= 15 is 0 Å². The molecule has 0 spiro atoms. The first-order chi connectivity index (χ1) is 5.96. The number of sulfonamides is 1. The van der Waals surface area contributed by atoms with Gasteiger partial charge in [0.25, 0.3) is 10.0 Å². The second kappa shape index (κ2) is 3.85. The monoisotopic (exact) mass is 214 g/mol. The average molecular weight is 214 g/mol. The van der Waals surface area contributed by atoms with Crippen LogP contribution in [0.4, 0.5) is 8.78 Å². The van der Waals surface area contributed by atoms with Crippen LogP contribution in [-0.4, -0.2) is 44.7 Å². The fraction of sp³-hybridized carbons (Fsp3) is 1.00. The van der Waals surface area contributed by atoms with Crippen LogP contribution in [0.25, 0.3) is 0 Å². The fourth-order valence-electron chi connectivity index (χ4n) is 1.28. The van der Waals surface area contributed by atoms with Gasteiger partial charge in [-0.05, 0) is 13.0 Å². The van der Waals surface area contributed by atoms with Crippen molar-refractivity contribution in [3.63, 3.8) is 0 Å². The summed E-state index contributed by atoms with van der Waals surface area (Å²) >= 11 is 0. The van der Waals surface area contributed by atoms with E-state index in [1.165, 1.54) is 7.05 Å². The molecule has 1 saturated heterocycles. The zero-order valence-corrected chi connectivity index (χ0v) is 8.02. The van der Waals surface area contributed by atoms with Crippen LogP contribution in [-0.2, 0) is 10.0 Å². The Balaban J connectivity index is 2.71. The molecule has 0 aromatic heterocycles. The maximum Gasteiger partial charge on any atom is 0.350 e. The second-order valence-electron chi connectivity index (χ2n) is 2.97. The van der Waals surface area contributed by atoms with Crippen LogP contribution in [0.2, 0.25) is 0 Å². The Labute approximate surface area is 76.0 Å². The minimum absolute atomic E-state index is 0.334. The highest BCUT2D eigenvalue weighted by Gasteiger charge is 2.35. The van der Waals surface area contributed by atoms with E-state index < -0.39 is 15.8 Å². The molecule has 13 heavy (non-hydrogen) atoms. The number of rotatable bonds is 3. The minimum atomic E-state index is -4.40. The molecule has 1 rings (SSSR count). The summed E-state index contributed by atoms with van der Waals surface area (Å²) in [6.07, 6.45) is 0.586. The van der Waals surface area contributed by atoms with Crippen LogP contribution in [0.3, 0.4) is 0 Å². The topological polar surface area (TPSA) is 49.4 Å². The SMILES string of the molecule is CN(C1CCNC1)S(=O)(=O)C(F)F.